The number of hydrogen-bond donors (Lipinski definition) is 0. The highest BCUT2D eigenvalue weighted by molar-refractivity contribution is 5.82. The predicted octanol–water partition coefficient (Wildman–Crippen LogP) is 3.86. The Bertz CT molecular complexity index is 575. The molecule has 0 atom stereocenters. The number of hydrogen-bond acceptors (Lipinski definition) is 1. The first-order valence-corrected chi connectivity index (χ1v) is 6.89. The quantitative estimate of drug-likeness (QED) is 0.681. The van der Waals surface area contributed by atoms with Gasteiger partial charge < -0.3 is 0 Å². The smallest absolute Gasteiger partial charge is 0.185 e. The van der Waals surface area contributed by atoms with Crippen molar-refractivity contribution in [3.05, 3.63) is 57.7 Å². The molecule has 0 radical (unpaired) electrons. The first-order chi connectivity index (χ1) is 8.84. The monoisotopic (exact) mass is 238 g/mol. The van der Waals surface area contributed by atoms with Crippen molar-refractivity contribution >= 4 is 10.8 Å². The Kier molecular flexibility index (Phi) is 3.14. The van der Waals surface area contributed by atoms with Gasteiger partial charge in [0.2, 0.25) is 0 Å². The van der Waals surface area contributed by atoms with E-state index >= 15 is 0 Å². The van der Waals surface area contributed by atoms with Crippen LogP contribution in [0.15, 0.2) is 41.2 Å². The molecule has 0 fully saturated rings. The van der Waals surface area contributed by atoms with Gasteiger partial charge in [0.1, 0.15) is 0 Å². The minimum Gasteiger partial charge on any atom is -0.289 e. The summed E-state index contributed by atoms with van der Waals surface area (Å²) >= 11 is 0. The molecule has 0 aromatic heterocycles. The largest absolute Gasteiger partial charge is 0.289 e. The summed E-state index contributed by atoms with van der Waals surface area (Å²) in [5, 5.41) is 2.38. The molecular weight excluding hydrogens is 220 g/mol. The molecule has 18 heavy (non-hydrogen) atoms. The Hall–Kier alpha value is -1.63. The third-order valence-electron chi connectivity index (χ3n) is 3.88. The zero-order valence-electron chi connectivity index (χ0n) is 10.6. The lowest BCUT2D eigenvalue weighted by atomic mass is 10.1. The SMILES string of the molecule is O=c1c2cc3ccccc3cc1CCCCCC2. The van der Waals surface area contributed by atoms with Crippen molar-refractivity contribution < 1.29 is 0 Å². The molecule has 0 spiro atoms. The molecule has 92 valence electrons. The summed E-state index contributed by atoms with van der Waals surface area (Å²) in [7, 11) is 0. The summed E-state index contributed by atoms with van der Waals surface area (Å²) in [6.45, 7) is 0. The summed E-state index contributed by atoms with van der Waals surface area (Å²) in [6, 6.07) is 12.5. The van der Waals surface area contributed by atoms with Gasteiger partial charge in [-0.05, 0) is 48.6 Å². The highest BCUT2D eigenvalue weighted by atomic mass is 16.1. The molecule has 0 saturated heterocycles. The van der Waals surface area contributed by atoms with Gasteiger partial charge in [0.15, 0.2) is 5.43 Å². The van der Waals surface area contributed by atoms with Crippen LogP contribution in [0.25, 0.3) is 10.8 Å². The molecule has 0 saturated carbocycles. The van der Waals surface area contributed by atoms with Crippen LogP contribution >= 0.6 is 0 Å². The topological polar surface area (TPSA) is 17.1 Å². The van der Waals surface area contributed by atoms with Crippen molar-refractivity contribution in [1.82, 2.24) is 0 Å². The summed E-state index contributed by atoms with van der Waals surface area (Å²) in [6.07, 6.45) is 6.66. The highest BCUT2D eigenvalue weighted by Crippen LogP contribution is 2.18. The first kappa shape index (κ1) is 11.5. The van der Waals surface area contributed by atoms with Crippen molar-refractivity contribution in [2.45, 2.75) is 38.5 Å². The predicted molar refractivity (Wildman–Crippen MR) is 76.1 cm³/mol. The van der Waals surface area contributed by atoms with Crippen LogP contribution in [0.4, 0.5) is 0 Å². The summed E-state index contributed by atoms with van der Waals surface area (Å²) in [5.41, 5.74) is 2.30. The molecular formula is C17H18O. The standard InChI is InChI=1S/C17H18O/c18-17-15-9-3-1-2-4-10-16(17)12-14-8-6-5-7-13(14)11-15/h5-8,11-12H,1-4,9-10H2. The van der Waals surface area contributed by atoms with Crippen molar-refractivity contribution in [3.8, 4) is 0 Å². The second-order valence-electron chi connectivity index (χ2n) is 5.21. The van der Waals surface area contributed by atoms with Crippen molar-refractivity contribution in [2.75, 3.05) is 0 Å². The number of rotatable bonds is 0. The van der Waals surface area contributed by atoms with Gasteiger partial charge in [-0.25, -0.2) is 0 Å². The van der Waals surface area contributed by atoms with Crippen molar-refractivity contribution in [1.29, 1.82) is 0 Å². The minimum atomic E-state index is 0.285. The molecule has 3 rings (SSSR count). The Morgan fingerprint density at radius 3 is 1.72 bits per heavy atom. The number of benzene rings is 1. The van der Waals surface area contributed by atoms with Crippen LogP contribution in [0.1, 0.15) is 36.8 Å². The molecule has 1 nitrogen and oxygen atoms in total. The van der Waals surface area contributed by atoms with Crippen LogP contribution in [0, 0.1) is 0 Å². The van der Waals surface area contributed by atoms with Crippen LogP contribution in [0.3, 0.4) is 0 Å². The molecule has 1 aliphatic carbocycles. The highest BCUT2D eigenvalue weighted by Gasteiger charge is 2.08. The fraction of sp³-hybridized carbons (Fsp3) is 0.353. The van der Waals surface area contributed by atoms with E-state index in [4.69, 9.17) is 0 Å². The normalized spacial score (nSPS) is 15.8. The molecule has 2 bridgehead atoms. The molecule has 0 heterocycles. The van der Waals surface area contributed by atoms with E-state index in [0.29, 0.717) is 0 Å². The third-order valence-corrected chi connectivity index (χ3v) is 3.88. The van der Waals surface area contributed by atoms with Gasteiger partial charge in [-0.1, -0.05) is 37.1 Å². The fourth-order valence-corrected chi connectivity index (χ4v) is 2.84. The second kappa shape index (κ2) is 4.93. The lowest BCUT2D eigenvalue weighted by Gasteiger charge is -1.98. The summed E-state index contributed by atoms with van der Waals surface area (Å²) in [5.74, 6) is 0. The fourth-order valence-electron chi connectivity index (χ4n) is 2.84. The molecule has 0 N–H and O–H groups in total. The van der Waals surface area contributed by atoms with Gasteiger partial charge in [-0.3, -0.25) is 4.79 Å². The molecule has 1 aliphatic rings. The average Bonchev–Trinajstić information content (AvgIpc) is 2.45. The maximum absolute atomic E-state index is 12.5. The van der Waals surface area contributed by atoms with Crippen LogP contribution < -0.4 is 5.43 Å². The first-order valence-electron chi connectivity index (χ1n) is 6.89. The van der Waals surface area contributed by atoms with Gasteiger partial charge >= 0.3 is 0 Å². The number of aryl methyl sites for hydroxylation is 2. The molecule has 0 aliphatic heterocycles. The van der Waals surface area contributed by atoms with E-state index < -0.39 is 0 Å². The van der Waals surface area contributed by atoms with E-state index in [1.165, 1.54) is 23.6 Å². The summed E-state index contributed by atoms with van der Waals surface area (Å²) < 4.78 is 0. The zero-order chi connectivity index (χ0) is 12.4. The molecule has 0 amide bonds. The van der Waals surface area contributed by atoms with Crippen LogP contribution in [0.5, 0.6) is 0 Å². The molecule has 2 aromatic rings. The van der Waals surface area contributed by atoms with Crippen LogP contribution in [-0.4, -0.2) is 0 Å². The van der Waals surface area contributed by atoms with E-state index in [0.717, 1.165) is 36.8 Å². The zero-order valence-corrected chi connectivity index (χ0v) is 10.6. The van der Waals surface area contributed by atoms with Gasteiger partial charge in [-0.2, -0.15) is 0 Å². The maximum Gasteiger partial charge on any atom is 0.185 e. The Labute approximate surface area is 107 Å². The Morgan fingerprint density at radius 1 is 0.722 bits per heavy atom. The van der Waals surface area contributed by atoms with E-state index in [9.17, 15) is 4.79 Å². The average molecular weight is 238 g/mol. The van der Waals surface area contributed by atoms with Gasteiger partial charge in [-0.15, -0.1) is 0 Å². The van der Waals surface area contributed by atoms with E-state index in [1.807, 2.05) is 12.1 Å². The Balaban J connectivity index is 2.31. The second-order valence-corrected chi connectivity index (χ2v) is 5.21. The number of fused-ring (bicyclic) bond motifs is 3. The van der Waals surface area contributed by atoms with Gasteiger partial charge in [0.05, 0.1) is 0 Å². The minimum absolute atomic E-state index is 0.285. The van der Waals surface area contributed by atoms with Gasteiger partial charge in [0, 0.05) is 11.1 Å². The molecule has 0 unspecified atom stereocenters. The van der Waals surface area contributed by atoms with Crippen LogP contribution in [-0.2, 0) is 12.8 Å². The Morgan fingerprint density at radius 2 is 1.22 bits per heavy atom. The maximum atomic E-state index is 12.5. The molecule has 2 aromatic carbocycles. The summed E-state index contributed by atoms with van der Waals surface area (Å²) in [4.78, 5) is 12.5. The van der Waals surface area contributed by atoms with E-state index in [1.54, 1.807) is 0 Å². The molecule has 1 heteroatoms. The lowest BCUT2D eigenvalue weighted by molar-refractivity contribution is 0.648. The lowest BCUT2D eigenvalue weighted by Crippen LogP contribution is -2.10. The third kappa shape index (κ3) is 2.17. The van der Waals surface area contributed by atoms with Crippen molar-refractivity contribution in [2.24, 2.45) is 0 Å². The van der Waals surface area contributed by atoms with Crippen LogP contribution in [0.2, 0.25) is 0 Å². The van der Waals surface area contributed by atoms with Crippen molar-refractivity contribution in [3.63, 3.8) is 0 Å². The van der Waals surface area contributed by atoms with E-state index in [2.05, 4.69) is 24.3 Å². The van der Waals surface area contributed by atoms with E-state index in [-0.39, 0.29) is 5.43 Å². The van der Waals surface area contributed by atoms with Gasteiger partial charge in [0.25, 0.3) is 0 Å².